The number of non-ortho nitro benzene ring substituents is 1. The first-order valence-electron chi connectivity index (χ1n) is 4.05. The maximum atomic E-state index is 10.7. The highest BCUT2D eigenvalue weighted by Gasteiger charge is 2.11. The molecule has 70 valence electrons. The molecule has 0 spiro atoms. The third-order valence-electron chi connectivity index (χ3n) is 2.07. The molecule has 4 heteroatoms. The van der Waals surface area contributed by atoms with E-state index in [0.717, 1.165) is 10.3 Å². The minimum Gasteiger partial charge on any atom is -0.258 e. The lowest BCUT2D eigenvalue weighted by molar-refractivity contribution is -0.383. The van der Waals surface area contributed by atoms with Crippen LogP contribution in [0.1, 0.15) is 0 Å². The number of rotatable bonds is 1. The summed E-state index contributed by atoms with van der Waals surface area (Å²) in [5, 5.41) is 12.1. The van der Waals surface area contributed by atoms with E-state index >= 15 is 0 Å². The van der Waals surface area contributed by atoms with Gasteiger partial charge in [0.25, 0.3) is 5.69 Å². The predicted molar refractivity (Wildman–Crippen MR) is 57.9 cm³/mol. The highest BCUT2D eigenvalue weighted by atomic mass is 32.1. The zero-order valence-corrected chi connectivity index (χ0v) is 8.07. The molecule has 0 aliphatic carbocycles. The zero-order valence-electron chi connectivity index (χ0n) is 7.18. The van der Waals surface area contributed by atoms with Crippen molar-refractivity contribution in [2.24, 2.45) is 0 Å². The summed E-state index contributed by atoms with van der Waals surface area (Å²) in [7, 11) is 0. The molecule has 0 bridgehead atoms. The highest BCUT2D eigenvalue weighted by Crippen LogP contribution is 2.29. The summed E-state index contributed by atoms with van der Waals surface area (Å²) in [6.07, 6.45) is 0. The van der Waals surface area contributed by atoms with E-state index in [4.69, 9.17) is 0 Å². The number of hydrogen-bond donors (Lipinski definition) is 1. The number of benzene rings is 2. The Hall–Kier alpha value is -1.55. The number of fused-ring (bicyclic) bond motifs is 1. The molecule has 0 aliphatic heterocycles. The monoisotopic (exact) mass is 205 g/mol. The number of nitro benzene ring substituents is 1. The van der Waals surface area contributed by atoms with E-state index in [1.165, 1.54) is 6.07 Å². The molecule has 0 heterocycles. The van der Waals surface area contributed by atoms with Crippen LogP contribution in [0.15, 0.2) is 41.3 Å². The SMILES string of the molecule is O=[N+]([O-])c1ccc(S)c2ccccc12. The molecule has 0 atom stereocenters. The average molecular weight is 205 g/mol. The summed E-state index contributed by atoms with van der Waals surface area (Å²) < 4.78 is 0. The Morgan fingerprint density at radius 3 is 2.36 bits per heavy atom. The Morgan fingerprint density at radius 1 is 1.07 bits per heavy atom. The Morgan fingerprint density at radius 2 is 1.71 bits per heavy atom. The lowest BCUT2D eigenvalue weighted by atomic mass is 10.1. The Kier molecular flexibility index (Phi) is 2.13. The second-order valence-electron chi connectivity index (χ2n) is 2.91. The normalized spacial score (nSPS) is 10.4. The van der Waals surface area contributed by atoms with Crippen molar-refractivity contribution in [1.82, 2.24) is 0 Å². The molecule has 0 aromatic heterocycles. The lowest BCUT2D eigenvalue weighted by Gasteiger charge is -2.01. The molecule has 0 saturated heterocycles. The summed E-state index contributed by atoms with van der Waals surface area (Å²) in [4.78, 5) is 11.1. The van der Waals surface area contributed by atoms with Crippen LogP contribution < -0.4 is 0 Å². The van der Waals surface area contributed by atoms with Gasteiger partial charge in [0.2, 0.25) is 0 Å². The molecule has 0 saturated carbocycles. The summed E-state index contributed by atoms with van der Waals surface area (Å²) in [5.41, 5.74) is 0.124. The number of thiol groups is 1. The van der Waals surface area contributed by atoms with E-state index in [2.05, 4.69) is 12.6 Å². The second kappa shape index (κ2) is 3.31. The molecule has 0 amide bonds. The zero-order chi connectivity index (χ0) is 10.1. The molecule has 0 N–H and O–H groups in total. The summed E-state index contributed by atoms with van der Waals surface area (Å²) >= 11 is 4.24. The highest BCUT2D eigenvalue weighted by molar-refractivity contribution is 7.80. The quantitative estimate of drug-likeness (QED) is 0.441. The van der Waals surface area contributed by atoms with Gasteiger partial charge in [-0.25, -0.2) is 0 Å². The van der Waals surface area contributed by atoms with Crippen molar-refractivity contribution in [3.8, 4) is 0 Å². The van der Waals surface area contributed by atoms with Gasteiger partial charge in [0.05, 0.1) is 10.3 Å². The Bertz CT molecular complexity index is 510. The van der Waals surface area contributed by atoms with Gasteiger partial charge in [-0.1, -0.05) is 18.2 Å². The van der Waals surface area contributed by atoms with Crippen LogP contribution in [0.4, 0.5) is 5.69 Å². The standard InChI is InChI=1S/C10H7NO2S/c12-11(13)9-5-6-10(14)8-4-2-1-3-7(8)9/h1-6,14H. The van der Waals surface area contributed by atoms with Crippen molar-refractivity contribution in [2.45, 2.75) is 4.90 Å². The van der Waals surface area contributed by atoms with E-state index in [9.17, 15) is 10.1 Å². The summed E-state index contributed by atoms with van der Waals surface area (Å²) in [5.74, 6) is 0. The summed E-state index contributed by atoms with van der Waals surface area (Å²) in [6, 6.07) is 10.3. The van der Waals surface area contributed by atoms with Crippen molar-refractivity contribution in [2.75, 3.05) is 0 Å². The van der Waals surface area contributed by atoms with Gasteiger partial charge in [-0.15, -0.1) is 12.6 Å². The van der Waals surface area contributed by atoms with Crippen LogP contribution in [0.3, 0.4) is 0 Å². The molecule has 0 aliphatic rings. The van der Waals surface area contributed by atoms with E-state index < -0.39 is 0 Å². The van der Waals surface area contributed by atoms with E-state index in [1.54, 1.807) is 18.2 Å². The first-order valence-corrected chi connectivity index (χ1v) is 4.50. The number of hydrogen-bond acceptors (Lipinski definition) is 3. The fraction of sp³-hybridized carbons (Fsp3) is 0. The smallest absolute Gasteiger partial charge is 0.258 e. The van der Waals surface area contributed by atoms with E-state index in [-0.39, 0.29) is 10.6 Å². The largest absolute Gasteiger partial charge is 0.277 e. The van der Waals surface area contributed by atoms with Crippen molar-refractivity contribution < 1.29 is 4.92 Å². The fourth-order valence-corrected chi connectivity index (χ4v) is 1.70. The van der Waals surface area contributed by atoms with Crippen molar-refractivity contribution in [1.29, 1.82) is 0 Å². The molecular weight excluding hydrogens is 198 g/mol. The van der Waals surface area contributed by atoms with Gasteiger partial charge in [0.1, 0.15) is 0 Å². The average Bonchev–Trinajstić information content (AvgIpc) is 2.18. The van der Waals surface area contributed by atoms with Crippen LogP contribution in [0, 0.1) is 10.1 Å². The summed E-state index contributed by atoms with van der Waals surface area (Å²) in [6.45, 7) is 0. The topological polar surface area (TPSA) is 43.1 Å². The number of nitrogens with zero attached hydrogens (tertiary/aromatic N) is 1. The minimum atomic E-state index is -0.379. The van der Waals surface area contributed by atoms with Crippen LogP contribution in [0.2, 0.25) is 0 Å². The third kappa shape index (κ3) is 1.33. The first-order chi connectivity index (χ1) is 6.70. The molecule has 3 nitrogen and oxygen atoms in total. The molecule has 0 radical (unpaired) electrons. The van der Waals surface area contributed by atoms with Gasteiger partial charge in [-0.3, -0.25) is 10.1 Å². The fourth-order valence-electron chi connectivity index (χ4n) is 1.43. The van der Waals surface area contributed by atoms with Gasteiger partial charge in [-0.2, -0.15) is 0 Å². The van der Waals surface area contributed by atoms with Gasteiger partial charge in [0.15, 0.2) is 0 Å². The minimum absolute atomic E-state index is 0.124. The molecule has 2 aromatic rings. The van der Waals surface area contributed by atoms with Gasteiger partial charge < -0.3 is 0 Å². The Labute approximate surface area is 85.9 Å². The molecule has 2 rings (SSSR count). The Balaban J connectivity index is 2.88. The molecule has 0 unspecified atom stereocenters. The maximum Gasteiger partial charge on any atom is 0.277 e. The maximum absolute atomic E-state index is 10.7. The van der Waals surface area contributed by atoms with E-state index in [1.807, 2.05) is 12.1 Å². The van der Waals surface area contributed by atoms with Crippen molar-refractivity contribution >= 4 is 29.1 Å². The molecular formula is C10H7NO2S. The lowest BCUT2D eigenvalue weighted by Crippen LogP contribution is -1.89. The molecule has 14 heavy (non-hydrogen) atoms. The van der Waals surface area contributed by atoms with Gasteiger partial charge in [0, 0.05) is 16.3 Å². The molecule has 0 fully saturated rings. The van der Waals surface area contributed by atoms with E-state index in [0.29, 0.717) is 5.39 Å². The third-order valence-corrected chi connectivity index (χ3v) is 2.46. The first kappa shape index (κ1) is 9.02. The van der Waals surface area contributed by atoms with Crippen LogP contribution in [0.5, 0.6) is 0 Å². The van der Waals surface area contributed by atoms with Gasteiger partial charge in [-0.05, 0) is 12.1 Å². The van der Waals surface area contributed by atoms with Crippen LogP contribution in [0.25, 0.3) is 10.8 Å². The van der Waals surface area contributed by atoms with Crippen LogP contribution in [-0.2, 0) is 0 Å². The van der Waals surface area contributed by atoms with Crippen molar-refractivity contribution in [3.63, 3.8) is 0 Å². The number of nitro groups is 1. The predicted octanol–water partition coefficient (Wildman–Crippen LogP) is 3.04. The molecule has 2 aromatic carbocycles. The van der Waals surface area contributed by atoms with Crippen LogP contribution in [-0.4, -0.2) is 4.92 Å². The van der Waals surface area contributed by atoms with Gasteiger partial charge >= 0.3 is 0 Å². The van der Waals surface area contributed by atoms with Crippen LogP contribution >= 0.6 is 12.6 Å². The second-order valence-corrected chi connectivity index (χ2v) is 3.39. The van der Waals surface area contributed by atoms with Crippen molar-refractivity contribution in [3.05, 3.63) is 46.5 Å².